The number of hydrogen-bond donors (Lipinski definition) is 1. The summed E-state index contributed by atoms with van der Waals surface area (Å²) in [7, 11) is 0. The number of benzene rings is 1. The molecule has 1 aromatic carbocycles. The molecule has 0 amide bonds. The van der Waals surface area contributed by atoms with Crippen molar-refractivity contribution in [1.82, 2.24) is 20.4 Å². The normalized spacial score (nSPS) is 15.7. The maximum Gasteiger partial charge on any atom is 0.269 e. The first-order chi connectivity index (χ1) is 10.7. The first kappa shape index (κ1) is 17.3. The van der Waals surface area contributed by atoms with E-state index in [4.69, 9.17) is 4.52 Å². The predicted octanol–water partition coefficient (Wildman–Crippen LogP) is 1.86. The zero-order chi connectivity index (χ0) is 15.4. The fourth-order valence-electron chi connectivity index (χ4n) is 2.42. The zero-order valence-corrected chi connectivity index (χ0v) is 13.3. The monoisotopic (exact) mass is 339 g/mol. The van der Waals surface area contributed by atoms with Crippen molar-refractivity contribution in [2.45, 2.75) is 13.0 Å². The summed E-state index contributed by atoms with van der Waals surface area (Å²) in [5.41, 5.74) is 0.752. The second-order valence-electron chi connectivity index (χ2n) is 5.20. The molecule has 1 saturated heterocycles. The van der Waals surface area contributed by atoms with Crippen molar-refractivity contribution in [2.24, 2.45) is 0 Å². The van der Waals surface area contributed by atoms with E-state index in [0.29, 0.717) is 23.8 Å². The minimum Gasteiger partial charge on any atom is -0.338 e. The molecule has 1 aliphatic rings. The van der Waals surface area contributed by atoms with Crippen LogP contribution in [0.5, 0.6) is 0 Å². The van der Waals surface area contributed by atoms with E-state index in [9.17, 15) is 10.1 Å². The number of hydrogen-bond acceptors (Lipinski definition) is 7. The van der Waals surface area contributed by atoms with Crippen molar-refractivity contribution in [2.75, 3.05) is 26.2 Å². The Morgan fingerprint density at radius 1 is 1.26 bits per heavy atom. The van der Waals surface area contributed by atoms with Crippen molar-refractivity contribution in [3.8, 4) is 11.4 Å². The van der Waals surface area contributed by atoms with Gasteiger partial charge in [-0.05, 0) is 31.6 Å². The Morgan fingerprint density at radius 2 is 2.04 bits per heavy atom. The highest BCUT2D eigenvalue weighted by molar-refractivity contribution is 5.85. The molecule has 0 saturated carbocycles. The molecular weight excluding hydrogens is 322 g/mol. The lowest BCUT2D eigenvalue weighted by atomic mass is 10.2. The Kier molecular flexibility index (Phi) is 6.03. The summed E-state index contributed by atoms with van der Waals surface area (Å²) in [6.45, 7) is 4.58. The number of nitro benzene ring substituents is 1. The predicted molar refractivity (Wildman–Crippen MR) is 86.4 cm³/mol. The Labute approximate surface area is 139 Å². The molecule has 0 aliphatic carbocycles. The quantitative estimate of drug-likeness (QED) is 0.670. The van der Waals surface area contributed by atoms with Crippen molar-refractivity contribution < 1.29 is 9.45 Å². The van der Waals surface area contributed by atoms with Crippen molar-refractivity contribution in [1.29, 1.82) is 0 Å². The van der Waals surface area contributed by atoms with Crippen LogP contribution in [0.25, 0.3) is 11.4 Å². The second-order valence-corrected chi connectivity index (χ2v) is 5.20. The summed E-state index contributed by atoms with van der Waals surface area (Å²) >= 11 is 0. The molecule has 1 aliphatic heterocycles. The standard InChI is InChI=1S/C14H17N5O3.ClH/c20-19(21)12-4-2-11(3-5-12)14-16-13(22-17-14)10-18-8-1-6-15-7-9-18;/h2-5,15H,1,6-10H2;1H. The summed E-state index contributed by atoms with van der Waals surface area (Å²) < 4.78 is 5.28. The van der Waals surface area contributed by atoms with E-state index in [1.165, 1.54) is 12.1 Å². The van der Waals surface area contributed by atoms with Crippen LogP contribution >= 0.6 is 12.4 Å². The summed E-state index contributed by atoms with van der Waals surface area (Å²) in [4.78, 5) is 16.9. The SMILES string of the molecule is Cl.O=[N+]([O-])c1ccc(-c2noc(CN3CCCNCC3)n2)cc1. The molecule has 2 heterocycles. The van der Waals surface area contributed by atoms with Gasteiger partial charge >= 0.3 is 0 Å². The van der Waals surface area contributed by atoms with Gasteiger partial charge in [0.1, 0.15) is 0 Å². The molecular formula is C14H18ClN5O3. The van der Waals surface area contributed by atoms with E-state index in [2.05, 4.69) is 20.4 Å². The Balaban J connectivity index is 0.00000192. The molecule has 2 aromatic rings. The molecule has 0 atom stereocenters. The lowest BCUT2D eigenvalue weighted by Gasteiger charge is -2.16. The van der Waals surface area contributed by atoms with Crippen LogP contribution in [0.15, 0.2) is 28.8 Å². The molecule has 9 heteroatoms. The molecule has 124 valence electrons. The zero-order valence-electron chi connectivity index (χ0n) is 12.5. The fraction of sp³-hybridized carbons (Fsp3) is 0.429. The number of rotatable bonds is 4. The first-order valence-corrected chi connectivity index (χ1v) is 7.23. The number of non-ortho nitro benzene ring substituents is 1. The minimum absolute atomic E-state index is 0. The van der Waals surface area contributed by atoms with Gasteiger partial charge in [-0.1, -0.05) is 5.16 Å². The van der Waals surface area contributed by atoms with Crippen molar-refractivity contribution >= 4 is 18.1 Å². The molecule has 23 heavy (non-hydrogen) atoms. The first-order valence-electron chi connectivity index (χ1n) is 7.23. The highest BCUT2D eigenvalue weighted by Crippen LogP contribution is 2.20. The Hall–Kier alpha value is -2.03. The number of nitrogens with one attached hydrogen (secondary N) is 1. The Morgan fingerprint density at radius 3 is 2.78 bits per heavy atom. The average Bonchev–Trinajstić information content (AvgIpc) is 2.83. The van der Waals surface area contributed by atoms with E-state index < -0.39 is 4.92 Å². The molecule has 0 bridgehead atoms. The molecule has 0 radical (unpaired) electrons. The summed E-state index contributed by atoms with van der Waals surface area (Å²) in [5.74, 6) is 1.02. The van der Waals surface area contributed by atoms with Gasteiger partial charge in [0.15, 0.2) is 0 Å². The van der Waals surface area contributed by atoms with Gasteiger partial charge in [0.25, 0.3) is 5.69 Å². The van der Waals surface area contributed by atoms with Crippen LogP contribution in [0.2, 0.25) is 0 Å². The van der Waals surface area contributed by atoms with Crippen LogP contribution in [0.1, 0.15) is 12.3 Å². The van der Waals surface area contributed by atoms with E-state index in [-0.39, 0.29) is 18.1 Å². The van der Waals surface area contributed by atoms with Gasteiger partial charge in [0.05, 0.1) is 11.5 Å². The van der Waals surface area contributed by atoms with Crippen LogP contribution < -0.4 is 5.32 Å². The van der Waals surface area contributed by atoms with Gasteiger partial charge in [-0.3, -0.25) is 15.0 Å². The second kappa shape index (κ2) is 8.00. The van der Waals surface area contributed by atoms with E-state index in [1.54, 1.807) is 12.1 Å². The topological polar surface area (TPSA) is 97.3 Å². The molecule has 1 fully saturated rings. The summed E-state index contributed by atoms with van der Waals surface area (Å²) in [5, 5.41) is 17.9. The number of nitro groups is 1. The number of halogens is 1. The van der Waals surface area contributed by atoms with E-state index in [0.717, 1.165) is 32.6 Å². The molecule has 3 rings (SSSR count). The van der Waals surface area contributed by atoms with Gasteiger partial charge in [-0.2, -0.15) is 4.98 Å². The summed E-state index contributed by atoms with van der Waals surface area (Å²) in [6, 6.07) is 6.13. The molecule has 0 unspecified atom stereocenters. The van der Waals surface area contributed by atoms with Crippen LogP contribution in [0.4, 0.5) is 5.69 Å². The number of aromatic nitrogens is 2. The van der Waals surface area contributed by atoms with Gasteiger partial charge in [-0.15, -0.1) is 12.4 Å². The molecule has 1 aromatic heterocycles. The Bertz CT molecular complexity index is 638. The van der Waals surface area contributed by atoms with Gasteiger partial charge in [0, 0.05) is 30.8 Å². The third kappa shape index (κ3) is 4.47. The van der Waals surface area contributed by atoms with Gasteiger partial charge in [0.2, 0.25) is 11.7 Å². The van der Waals surface area contributed by atoms with Crippen molar-refractivity contribution in [3.05, 3.63) is 40.3 Å². The molecule has 0 spiro atoms. The lowest BCUT2D eigenvalue weighted by molar-refractivity contribution is -0.384. The van der Waals surface area contributed by atoms with Crippen LogP contribution in [0.3, 0.4) is 0 Å². The van der Waals surface area contributed by atoms with E-state index in [1.807, 2.05) is 0 Å². The van der Waals surface area contributed by atoms with E-state index >= 15 is 0 Å². The maximum absolute atomic E-state index is 10.6. The summed E-state index contributed by atoms with van der Waals surface area (Å²) in [6.07, 6.45) is 1.10. The molecule has 8 nitrogen and oxygen atoms in total. The van der Waals surface area contributed by atoms with Crippen LogP contribution in [-0.4, -0.2) is 46.1 Å². The van der Waals surface area contributed by atoms with Crippen LogP contribution in [-0.2, 0) is 6.54 Å². The van der Waals surface area contributed by atoms with Crippen molar-refractivity contribution in [3.63, 3.8) is 0 Å². The van der Waals surface area contributed by atoms with Gasteiger partial charge < -0.3 is 9.84 Å². The van der Waals surface area contributed by atoms with Gasteiger partial charge in [-0.25, -0.2) is 0 Å². The lowest BCUT2D eigenvalue weighted by Crippen LogP contribution is -2.27. The highest BCUT2D eigenvalue weighted by atomic mass is 35.5. The molecule has 1 N–H and O–H groups in total. The average molecular weight is 340 g/mol. The number of nitrogens with zero attached hydrogens (tertiary/aromatic N) is 4. The van der Waals surface area contributed by atoms with Crippen LogP contribution in [0, 0.1) is 10.1 Å². The third-order valence-electron chi connectivity index (χ3n) is 3.60. The maximum atomic E-state index is 10.6. The minimum atomic E-state index is -0.432. The fourth-order valence-corrected chi connectivity index (χ4v) is 2.42. The largest absolute Gasteiger partial charge is 0.338 e. The smallest absolute Gasteiger partial charge is 0.269 e. The highest BCUT2D eigenvalue weighted by Gasteiger charge is 2.15. The third-order valence-corrected chi connectivity index (χ3v) is 3.60.